The number of benzene rings is 2. The smallest absolute Gasteiger partial charge is 0.292 e. The Hall–Kier alpha value is -3.09. The van der Waals surface area contributed by atoms with Gasteiger partial charge in [0.2, 0.25) is 0 Å². The van der Waals surface area contributed by atoms with Crippen molar-refractivity contribution in [2.45, 2.75) is 51.0 Å². The van der Waals surface area contributed by atoms with Crippen molar-refractivity contribution in [1.82, 2.24) is 0 Å². The maximum atomic E-state index is 11.7. The standard InChI is InChI=1S/C25H32N4O3/c30-19-20-8-6-7-11-24(20)28-16-14-27(15-17-28)22-12-13-25(29(31)32)23(18-22)26-21-9-4-2-1-3-5-10-21/h6-8,11-13,18-19,21,26H,1-5,9-10,14-17H2. The van der Waals surface area contributed by atoms with Crippen LogP contribution in [0.25, 0.3) is 0 Å². The maximum Gasteiger partial charge on any atom is 0.292 e. The van der Waals surface area contributed by atoms with Gasteiger partial charge in [0, 0.05) is 55.2 Å². The van der Waals surface area contributed by atoms with Crippen LogP contribution in [0.1, 0.15) is 55.3 Å². The van der Waals surface area contributed by atoms with Crippen molar-refractivity contribution in [1.29, 1.82) is 0 Å². The largest absolute Gasteiger partial charge is 0.377 e. The van der Waals surface area contributed by atoms with Crippen LogP contribution in [0.3, 0.4) is 0 Å². The SMILES string of the molecule is O=Cc1ccccc1N1CCN(c2ccc([N+](=O)[O-])c(NC3CCCCCCC3)c2)CC1. The first-order chi connectivity index (χ1) is 15.7. The molecule has 0 unspecified atom stereocenters. The zero-order valence-electron chi connectivity index (χ0n) is 18.5. The van der Waals surface area contributed by atoms with Crippen molar-refractivity contribution in [3.05, 3.63) is 58.1 Å². The van der Waals surface area contributed by atoms with Crippen molar-refractivity contribution in [3.8, 4) is 0 Å². The molecule has 1 aliphatic carbocycles. The average molecular weight is 437 g/mol. The van der Waals surface area contributed by atoms with Gasteiger partial charge in [0.25, 0.3) is 5.69 Å². The molecule has 1 aliphatic heterocycles. The minimum atomic E-state index is -0.288. The van der Waals surface area contributed by atoms with Gasteiger partial charge in [-0.3, -0.25) is 14.9 Å². The number of anilines is 3. The molecule has 4 rings (SSSR count). The second-order valence-corrected chi connectivity index (χ2v) is 8.80. The molecule has 0 amide bonds. The Bertz CT molecular complexity index is 933. The molecule has 2 aromatic carbocycles. The molecular weight excluding hydrogens is 404 g/mol. The quantitative estimate of drug-likeness (QED) is 0.378. The molecule has 2 fully saturated rings. The van der Waals surface area contributed by atoms with Gasteiger partial charge in [-0.05, 0) is 37.1 Å². The lowest BCUT2D eigenvalue weighted by Gasteiger charge is -2.38. The van der Waals surface area contributed by atoms with E-state index in [4.69, 9.17) is 0 Å². The number of rotatable bonds is 6. The van der Waals surface area contributed by atoms with Gasteiger partial charge in [0.05, 0.1) is 4.92 Å². The molecular formula is C25H32N4O3. The first-order valence-electron chi connectivity index (χ1n) is 11.7. The van der Waals surface area contributed by atoms with Gasteiger partial charge < -0.3 is 15.1 Å². The predicted molar refractivity (Wildman–Crippen MR) is 129 cm³/mol. The van der Waals surface area contributed by atoms with Gasteiger partial charge >= 0.3 is 0 Å². The van der Waals surface area contributed by atoms with E-state index in [0.29, 0.717) is 17.3 Å². The van der Waals surface area contributed by atoms with Crippen LogP contribution in [-0.2, 0) is 0 Å². The van der Waals surface area contributed by atoms with E-state index in [1.54, 1.807) is 6.07 Å². The number of nitrogens with one attached hydrogen (secondary N) is 1. The summed E-state index contributed by atoms with van der Waals surface area (Å²) < 4.78 is 0. The molecule has 2 aliphatic rings. The molecule has 0 aromatic heterocycles. The second-order valence-electron chi connectivity index (χ2n) is 8.80. The Morgan fingerprint density at radius 1 is 0.906 bits per heavy atom. The fourth-order valence-corrected chi connectivity index (χ4v) is 4.90. The maximum absolute atomic E-state index is 11.7. The molecule has 0 spiro atoms. The molecule has 2 aromatic rings. The molecule has 1 saturated heterocycles. The topological polar surface area (TPSA) is 78.7 Å². The molecule has 1 heterocycles. The van der Waals surface area contributed by atoms with Crippen molar-refractivity contribution in [2.75, 3.05) is 41.3 Å². The fourth-order valence-electron chi connectivity index (χ4n) is 4.90. The Balaban J connectivity index is 1.47. The highest BCUT2D eigenvalue weighted by molar-refractivity contribution is 5.84. The van der Waals surface area contributed by atoms with Crippen LogP contribution in [0, 0.1) is 10.1 Å². The fraction of sp³-hybridized carbons (Fsp3) is 0.480. The average Bonchev–Trinajstić information content (AvgIpc) is 2.80. The monoisotopic (exact) mass is 436 g/mol. The van der Waals surface area contributed by atoms with Crippen LogP contribution < -0.4 is 15.1 Å². The minimum Gasteiger partial charge on any atom is -0.377 e. The summed E-state index contributed by atoms with van der Waals surface area (Å²) in [5, 5.41) is 15.2. The van der Waals surface area contributed by atoms with E-state index in [1.165, 1.54) is 32.1 Å². The van der Waals surface area contributed by atoms with E-state index >= 15 is 0 Å². The van der Waals surface area contributed by atoms with Crippen LogP contribution >= 0.6 is 0 Å². The predicted octanol–water partition coefficient (Wildman–Crippen LogP) is 5.26. The van der Waals surface area contributed by atoms with E-state index < -0.39 is 0 Å². The van der Waals surface area contributed by atoms with E-state index in [1.807, 2.05) is 36.4 Å². The number of piperazine rings is 1. The van der Waals surface area contributed by atoms with Crippen molar-refractivity contribution in [2.24, 2.45) is 0 Å². The number of carbonyl (C=O) groups is 1. The third-order valence-corrected chi connectivity index (χ3v) is 6.69. The lowest BCUT2D eigenvalue weighted by molar-refractivity contribution is -0.384. The highest BCUT2D eigenvalue weighted by Crippen LogP contribution is 2.33. The Labute approximate surface area is 189 Å². The molecule has 0 atom stereocenters. The normalized spacial score (nSPS) is 18.0. The van der Waals surface area contributed by atoms with Crippen molar-refractivity contribution in [3.63, 3.8) is 0 Å². The van der Waals surface area contributed by atoms with E-state index in [-0.39, 0.29) is 10.6 Å². The van der Waals surface area contributed by atoms with Gasteiger partial charge in [-0.25, -0.2) is 0 Å². The molecule has 32 heavy (non-hydrogen) atoms. The summed E-state index contributed by atoms with van der Waals surface area (Å²) in [4.78, 5) is 27.3. The van der Waals surface area contributed by atoms with E-state index in [0.717, 1.165) is 56.7 Å². The molecule has 1 N–H and O–H groups in total. The van der Waals surface area contributed by atoms with Gasteiger partial charge in [0.1, 0.15) is 5.69 Å². The van der Waals surface area contributed by atoms with Crippen LogP contribution in [0.4, 0.5) is 22.7 Å². The third-order valence-electron chi connectivity index (χ3n) is 6.69. The van der Waals surface area contributed by atoms with Crippen LogP contribution in [0.15, 0.2) is 42.5 Å². The number of aldehydes is 1. The van der Waals surface area contributed by atoms with Crippen LogP contribution in [0.5, 0.6) is 0 Å². The summed E-state index contributed by atoms with van der Waals surface area (Å²) in [6, 6.07) is 13.4. The van der Waals surface area contributed by atoms with Crippen molar-refractivity contribution >= 4 is 29.0 Å². The van der Waals surface area contributed by atoms with Crippen molar-refractivity contribution < 1.29 is 9.72 Å². The van der Waals surface area contributed by atoms with Gasteiger partial charge in [-0.1, -0.05) is 44.2 Å². The molecule has 0 radical (unpaired) electrons. The zero-order valence-corrected chi connectivity index (χ0v) is 18.5. The van der Waals surface area contributed by atoms with E-state index in [9.17, 15) is 14.9 Å². The number of para-hydroxylation sites is 1. The third kappa shape index (κ3) is 5.21. The number of carbonyl (C=O) groups excluding carboxylic acids is 1. The first-order valence-corrected chi connectivity index (χ1v) is 11.7. The Kier molecular flexibility index (Phi) is 7.24. The highest BCUT2D eigenvalue weighted by atomic mass is 16.6. The van der Waals surface area contributed by atoms with Crippen LogP contribution in [0.2, 0.25) is 0 Å². The lowest BCUT2D eigenvalue weighted by atomic mass is 9.96. The number of nitro benzene ring substituents is 1. The molecule has 170 valence electrons. The molecule has 1 saturated carbocycles. The summed E-state index contributed by atoms with van der Waals surface area (Å²) in [5.74, 6) is 0. The molecule has 0 bridgehead atoms. The Morgan fingerprint density at radius 2 is 1.56 bits per heavy atom. The Morgan fingerprint density at radius 3 is 2.25 bits per heavy atom. The summed E-state index contributed by atoms with van der Waals surface area (Å²) in [6.07, 6.45) is 9.18. The van der Waals surface area contributed by atoms with Gasteiger partial charge in [0.15, 0.2) is 6.29 Å². The number of nitrogens with zero attached hydrogens (tertiary/aromatic N) is 3. The number of nitro groups is 1. The molecule has 7 nitrogen and oxygen atoms in total. The second kappa shape index (κ2) is 10.5. The number of hydrogen-bond donors (Lipinski definition) is 1. The van der Waals surface area contributed by atoms with Gasteiger partial charge in [-0.2, -0.15) is 0 Å². The highest BCUT2D eigenvalue weighted by Gasteiger charge is 2.23. The zero-order chi connectivity index (χ0) is 22.3. The van der Waals surface area contributed by atoms with Crippen LogP contribution in [-0.4, -0.2) is 43.4 Å². The summed E-state index contributed by atoms with van der Waals surface area (Å²) >= 11 is 0. The lowest BCUT2D eigenvalue weighted by Crippen LogP contribution is -2.46. The summed E-state index contributed by atoms with van der Waals surface area (Å²) in [6.45, 7) is 3.20. The van der Waals surface area contributed by atoms with Gasteiger partial charge in [-0.15, -0.1) is 0 Å². The first kappa shape index (κ1) is 22.1. The molecule has 7 heteroatoms. The summed E-state index contributed by atoms with van der Waals surface area (Å²) in [7, 11) is 0. The minimum absolute atomic E-state index is 0.148. The number of hydrogen-bond acceptors (Lipinski definition) is 6. The summed E-state index contributed by atoms with van der Waals surface area (Å²) in [5.41, 5.74) is 3.47. The van der Waals surface area contributed by atoms with E-state index in [2.05, 4.69) is 15.1 Å².